The number of methoxy groups -OCH3 is 1. The van der Waals surface area contributed by atoms with Gasteiger partial charge in [-0.3, -0.25) is 4.79 Å². The number of aldehydes is 1. The number of nitrogens with zero attached hydrogens (tertiary/aromatic N) is 1. The molecule has 3 aromatic carbocycles. The standard InChI is InChI=1S/C20H30NO.C14H12O2/c1-21(2,14-8-7-11-15-9-5-4-6-10-15)19-17-18(22-3)16-12-13-20(16,17)19;15-11-14(16,12-7-3-1-4-8-12)13-9-5-2-6-10-13/h4-6,9-10,16-19H,7-8,11-14H2,1-3H3;1-11,16H/q+1;. The number of carbonyl (C=O) groups excluding carboxylic acids is 1. The van der Waals surface area contributed by atoms with Gasteiger partial charge in [-0.05, 0) is 54.7 Å². The van der Waals surface area contributed by atoms with Gasteiger partial charge in [0.1, 0.15) is 6.04 Å². The maximum Gasteiger partial charge on any atom is 0.170 e. The summed E-state index contributed by atoms with van der Waals surface area (Å²) in [6.07, 6.45) is 7.91. The number of hydrogen-bond donors (Lipinski definition) is 1. The van der Waals surface area contributed by atoms with E-state index >= 15 is 0 Å². The van der Waals surface area contributed by atoms with E-state index in [1.807, 2.05) is 19.2 Å². The lowest BCUT2D eigenvalue weighted by Gasteiger charge is -2.50. The molecular formula is C34H42NO3+. The first-order chi connectivity index (χ1) is 18.4. The fraction of sp³-hybridized carbons (Fsp3) is 0.441. The third-order valence-electron chi connectivity index (χ3n) is 9.65. The van der Waals surface area contributed by atoms with Gasteiger partial charge in [-0.25, -0.2) is 0 Å². The van der Waals surface area contributed by atoms with Gasteiger partial charge in [-0.1, -0.05) is 91.0 Å². The molecule has 3 aliphatic carbocycles. The highest BCUT2D eigenvalue weighted by molar-refractivity contribution is 5.72. The van der Waals surface area contributed by atoms with Crippen LogP contribution in [-0.2, 0) is 21.6 Å². The van der Waals surface area contributed by atoms with E-state index in [9.17, 15) is 9.90 Å². The van der Waals surface area contributed by atoms with Crippen molar-refractivity contribution >= 4 is 6.29 Å². The lowest BCUT2D eigenvalue weighted by Crippen LogP contribution is -2.52. The molecule has 0 saturated heterocycles. The molecule has 200 valence electrons. The number of ether oxygens (including phenoxy) is 1. The minimum atomic E-state index is -1.55. The van der Waals surface area contributed by atoms with Crippen LogP contribution in [0.25, 0.3) is 0 Å². The molecule has 38 heavy (non-hydrogen) atoms. The Hall–Kier alpha value is -2.79. The van der Waals surface area contributed by atoms with Gasteiger partial charge in [0, 0.05) is 18.4 Å². The molecule has 4 heteroatoms. The molecule has 0 aromatic heterocycles. The number of unbranched alkanes of at least 4 members (excludes halogenated alkanes) is 1. The summed E-state index contributed by atoms with van der Waals surface area (Å²) < 4.78 is 6.99. The van der Waals surface area contributed by atoms with Crippen molar-refractivity contribution in [3.8, 4) is 0 Å². The fourth-order valence-corrected chi connectivity index (χ4v) is 7.70. The molecule has 0 amide bonds. The van der Waals surface area contributed by atoms with E-state index in [0.717, 1.165) is 17.9 Å². The Morgan fingerprint density at radius 1 is 0.921 bits per heavy atom. The van der Waals surface area contributed by atoms with Gasteiger partial charge in [-0.15, -0.1) is 0 Å². The number of benzene rings is 3. The summed E-state index contributed by atoms with van der Waals surface area (Å²) in [7, 11) is 6.84. The largest absolute Gasteiger partial charge is 0.381 e. The summed E-state index contributed by atoms with van der Waals surface area (Å²) in [6.45, 7) is 1.32. The predicted molar refractivity (Wildman–Crippen MR) is 152 cm³/mol. The Bertz CT molecular complexity index is 1150. The van der Waals surface area contributed by atoms with Crippen LogP contribution >= 0.6 is 0 Å². The van der Waals surface area contributed by atoms with Gasteiger partial charge in [-0.2, -0.15) is 0 Å². The van der Waals surface area contributed by atoms with Crippen LogP contribution in [-0.4, -0.2) is 55.8 Å². The molecule has 5 atom stereocenters. The monoisotopic (exact) mass is 512 g/mol. The SMILES string of the molecule is COC1C2CCC23C1C3[N+](C)(C)CCCCc1ccccc1.O=CC(O)(c1ccccc1)c1ccccc1. The molecule has 0 bridgehead atoms. The third kappa shape index (κ3) is 4.64. The average molecular weight is 513 g/mol. The second-order valence-corrected chi connectivity index (χ2v) is 12.0. The molecule has 6 rings (SSSR count). The van der Waals surface area contributed by atoms with E-state index in [4.69, 9.17) is 4.74 Å². The maximum absolute atomic E-state index is 11.2. The summed E-state index contributed by atoms with van der Waals surface area (Å²) in [5.74, 6) is 1.77. The van der Waals surface area contributed by atoms with Crippen molar-refractivity contribution in [2.24, 2.45) is 17.3 Å². The molecule has 1 spiro atoms. The molecule has 0 radical (unpaired) electrons. The number of carbonyl (C=O) groups is 1. The molecule has 3 aromatic rings. The molecule has 3 fully saturated rings. The van der Waals surface area contributed by atoms with Gasteiger partial charge in [0.25, 0.3) is 0 Å². The van der Waals surface area contributed by atoms with Crippen LogP contribution in [0.3, 0.4) is 0 Å². The molecule has 1 N–H and O–H groups in total. The van der Waals surface area contributed by atoms with Crippen molar-refractivity contribution < 1.29 is 19.1 Å². The first-order valence-corrected chi connectivity index (χ1v) is 14.1. The minimum Gasteiger partial charge on any atom is -0.381 e. The van der Waals surface area contributed by atoms with Crippen molar-refractivity contribution in [1.29, 1.82) is 0 Å². The highest BCUT2D eigenvalue weighted by Crippen LogP contribution is 2.82. The topological polar surface area (TPSA) is 46.5 Å². The summed E-state index contributed by atoms with van der Waals surface area (Å²) in [5, 5.41) is 10.4. The molecule has 0 aliphatic heterocycles. The highest BCUT2D eigenvalue weighted by atomic mass is 16.5. The first-order valence-electron chi connectivity index (χ1n) is 14.1. The van der Waals surface area contributed by atoms with Crippen LogP contribution in [0.5, 0.6) is 0 Å². The van der Waals surface area contributed by atoms with Crippen molar-refractivity contribution in [2.75, 3.05) is 27.7 Å². The molecule has 0 heterocycles. The molecular weight excluding hydrogens is 470 g/mol. The smallest absolute Gasteiger partial charge is 0.170 e. The summed E-state index contributed by atoms with van der Waals surface area (Å²) >= 11 is 0. The van der Waals surface area contributed by atoms with Gasteiger partial charge in [0.15, 0.2) is 11.9 Å². The zero-order valence-electron chi connectivity index (χ0n) is 23.0. The lowest BCUT2D eigenvalue weighted by atomic mass is 9.56. The van der Waals surface area contributed by atoms with E-state index in [1.54, 1.807) is 48.5 Å². The Labute approximate surface area is 227 Å². The Morgan fingerprint density at radius 3 is 1.92 bits per heavy atom. The van der Waals surface area contributed by atoms with Gasteiger partial charge < -0.3 is 14.3 Å². The van der Waals surface area contributed by atoms with Gasteiger partial charge in [0.2, 0.25) is 0 Å². The zero-order valence-corrected chi connectivity index (χ0v) is 23.0. The Kier molecular flexibility index (Phi) is 7.59. The molecule has 4 nitrogen and oxygen atoms in total. The first kappa shape index (κ1) is 26.8. The van der Waals surface area contributed by atoms with Crippen LogP contribution in [0, 0.1) is 17.3 Å². The Balaban J connectivity index is 0.000000163. The second kappa shape index (κ2) is 10.8. The molecule has 5 unspecified atom stereocenters. The maximum atomic E-state index is 11.2. The van der Waals surface area contributed by atoms with E-state index < -0.39 is 5.60 Å². The zero-order chi connectivity index (χ0) is 26.8. The van der Waals surface area contributed by atoms with Gasteiger partial charge >= 0.3 is 0 Å². The van der Waals surface area contributed by atoms with E-state index in [1.165, 1.54) is 48.7 Å². The summed E-state index contributed by atoms with van der Waals surface area (Å²) in [6, 6.07) is 29.6. The Morgan fingerprint density at radius 2 is 1.47 bits per heavy atom. The average Bonchev–Trinajstić information content (AvgIpc) is 3.65. The number of quaternary nitrogens is 1. The molecule has 3 saturated carbocycles. The van der Waals surface area contributed by atoms with Crippen molar-refractivity contribution in [1.82, 2.24) is 0 Å². The third-order valence-corrected chi connectivity index (χ3v) is 9.65. The van der Waals surface area contributed by atoms with E-state index in [2.05, 4.69) is 44.4 Å². The van der Waals surface area contributed by atoms with Crippen molar-refractivity contribution in [3.05, 3.63) is 108 Å². The highest BCUT2D eigenvalue weighted by Gasteiger charge is 2.89. The minimum absolute atomic E-state index is 0.567. The van der Waals surface area contributed by atoms with Crippen LogP contribution in [0.4, 0.5) is 0 Å². The van der Waals surface area contributed by atoms with Crippen LogP contribution < -0.4 is 0 Å². The quantitative estimate of drug-likeness (QED) is 0.218. The predicted octanol–water partition coefficient (Wildman–Crippen LogP) is 5.63. The van der Waals surface area contributed by atoms with E-state index in [-0.39, 0.29) is 0 Å². The molecule has 3 aliphatic rings. The summed E-state index contributed by atoms with van der Waals surface area (Å²) in [4.78, 5) is 11.2. The van der Waals surface area contributed by atoms with Crippen LogP contribution in [0.15, 0.2) is 91.0 Å². The number of aryl methyl sites for hydroxylation is 1. The number of hydrogen-bond acceptors (Lipinski definition) is 3. The summed E-state index contributed by atoms with van der Waals surface area (Å²) in [5.41, 5.74) is 1.80. The fourth-order valence-electron chi connectivity index (χ4n) is 7.70. The number of rotatable bonds is 10. The number of aliphatic hydroxyl groups is 1. The van der Waals surface area contributed by atoms with Crippen LogP contribution in [0.2, 0.25) is 0 Å². The van der Waals surface area contributed by atoms with E-state index in [0.29, 0.717) is 28.9 Å². The lowest BCUT2D eigenvalue weighted by molar-refractivity contribution is -0.905. The van der Waals surface area contributed by atoms with Crippen LogP contribution in [0.1, 0.15) is 42.4 Å². The second-order valence-electron chi connectivity index (χ2n) is 12.0. The van der Waals surface area contributed by atoms with Crippen molar-refractivity contribution in [3.63, 3.8) is 0 Å². The van der Waals surface area contributed by atoms with Gasteiger partial charge in [0.05, 0.1) is 26.7 Å². The normalized spacial score (nSPS) is 26.9. The van der Waals surface area contributed by atoms with Crippen molar-refractivity contribution in [2.45, 2.75) is 49.9 Å².